The van der Waals surface area contributed by atoms with Gasteiger partial charge in [-0.25, -0.2) is 0 Å². The van der Waals surface area contributed by atoms with Crippen LogP contribution in [0.1, 0.15) is 19.3 Å². The lowest BCUT2D eigenvalue weighted by atomic mass is 10.1. The molecule has 0 heterocycles. The minimum Gasteiger partial charge on any atom is -0.469 e. The number of methoxy groups -OCH3 is 2. The number of rotatable bonds is 11. The van der Waals surface area contributed by atoms with Gasteiger partial charge in [-0.2, -0.15) is 0 Å². The predicted molar refractivity (Wildman–Crippen MR) is 72.5 cm³/mol. The van der Waals surface area contributed by atoms with E-state index in [9.17, 15) is 14.7 Å². The number of carbonyl (C=O) groups is 2. The molecule has 0 saturated heterocycles. The molecule has 1 N–H and O–H groups in total. The van der Waals surface area contributed by atoms with Crippen molar-refractivity contribution < 1.29 is 33.6 Å². The summed E-state index contributed by atoms with van der Waals surface area (Å²) in [6.07, 6.45) is 1.24. The normalized spacial score (nSPS) is 19.1. The molecule has 0 aromatic carbocycles. The lowest BCUT2D eigenvalue weighted by Crippen LogP contribution is -2.23. The average molecular weight is 304 g/mol. The molecule has 1 aliphatic carbocycles. The Bertz CT molecular complexity index is 318. The summed E-state index contributed by atoms with van der Waals surface area (Å²) in [5.74, 6) is -0.477. The topological polar surface area (TPSA) is 91.3 Å². The van der Waals surface area contributed by atoms with Gasteiger partial charge in [-0.3, -0.25) is 9.59 Å². The zero-order valence-electron chi connectivity index (χ0n) is 12.6. The molecule has 1 aliphatic rings. The second-order valence-corrected chi connectivity index (χ2v) is 5.20. The highest BCUT2D eigenvalue weighted by molar-refractivity contribution is 5.69. The molecule has 0 radical (unpaired) electrons. The highest BCUT2D eigenvalue weighted by Gasteiger charge is 2.54. The van der Waals surface area contributed by atoms with Crippen LogP contribution in [0, 0.1) is 11.3 Å². The first-order valence-corrected chi connectivity index (χ1v) is 6.98. The van der Waals surface area contributed by atoms with Crippen LogP contribution in [0.2, 0.25) is 0 Å². The van der Waals surface area contributed by atoms with Gasteiger partial charge in [0.15, 0.2) is 0 Å². The number of aliphatic hydroxyl groups excluding tert-OH is 1. The Hall–Kier alpha value is -1.18. The number of esters is 2. The summed E-state index contributed by atoms with van der Waals surface area (Å²) < 4.78 is 20.0. The van der Waals surface area contributed by atoms with E-state index in [0.717, 1.165) is 6.42 Å². The lowest BCUT2D eigenvalue weighted by Gasteiger charge is -2.17. The Kier molecular flexibility index (Phi) is 7.63. The monoisotopic (exact) mass is 304 g/mol. The Labute approximate surface area is 124 Å². The van der Waals surface area contributed by atoms with Crippen LogP contribution in [0.5, 0.6) is 0 Å². The minimum absolute atomic E-state index is 0.0841. The van der Waals surface area contributed by atoms with Gasteiger partial charge in [0.05, 0.1) is 53.5 Å². The van der Waals surface area contributed by atoms with Gasteiger partial charge in [0.1, 0.15) is 0 Å². The first kappa shape index (κ1) is 17.9. The molecular weight excluding hydrogens is 280 g/mol. The molecule has 1 saturated carbocycles. The zero-order valence-corrected chi connectivity index (χ0v) is 12.6. The summed E-state index contributed by atoms with van der Waals surface area (Å²) in [7, 11) is 2.67. The third-order valence-electron chi connectivity index (χ3n) is 3.71. The molecule has 0 spiro atoms. The fourth-order valence-corrected chi connectivity index (χ4v) is 2.15. The standard InChI is InChI=1S/C14H24O7/c1-18-12(16)3-5-20-9-14(7-11(14)8-15)10-21-6-4-13(17)19-2/h11,15H,3-10H2,1-2H3. The molecular formula is C14H24O7. The Balaban J connectivity index is 2.22. The molecule has 0 aromatic rings. The zero-order chi connectivity index (χ0) is 15.7. The third-order valence-corrected chi connectivity index (χ3v) is 3.71. The number of aliphatic hydroxyl groups is 1. The van der Waals surface area contributed by atoms with Crippen molar-refractivity contribution in [1.82, 2.24) is 0 Å². The largest absolute Gasteiger partial charge is 0.469 e. The maximum atomic E-state index is 11.0. The lowest BCUT2D eigenvalue weighted by molar-refractivity contribution is -0.142. The van der Waals surface area contributed by atoms with Crippen molar-refractivity contribution in [2.45, 2.75) is 19.3 Å². The van der Waals surface area contributed by atoms with Crippen molar-refractivity contribution in [3.8, 4) is 0 Å². The van der Waals surface area contributed by atoms with E-state index in [-0.39, 0.29) is 55.9 Å². The second-order valence-electron chi connectivity index (χ2n) is 5.20. The first-order valence-electron chi connectivity index (χ1n) is 6.98. The van der Waals surface area contributed by atoms with Crippen molar-refractivity contribution in [2.24, 2.45) is 11.3 Å². The van der Waals surface area contributed by atoms with Gasteiger partial charge in [-0.05, 0) is 12.3 Å². The van der Waals surface area contributed by atoms with E-state index in [0.29, 0.717) is 13.2 Å². The molecule has 0 bridgehead atoms. The van der Waals surface area contributed by atoms with E-state index in [1.165, 1.54) is 14.2 Å². The van der Waals surface area contributed by atoms with Crippen LogP contribution in [0.3, 0.4) is 0 Å². The summed E-state index contributed by atoms with van der Waals surface area (Å²) in [4.78, 5) is 21.9. The van der Waals surface area contributed by atoms with Crippen molar-refractivity contribution in [3.63, 3.8) is 0 Å². The van der Waals surface area contributed by atoms with E-state index in [2.05, 4.69) is 9.47 Å². The van der Waals surface area contributed by atoms with Gasteiger partial charge >= 0.3 is 11.9 Å². The van der Waals surface area contributed by atoms with Crippen molar-refractivity contribution in [1.29, 1.82) is 0 Å². The van der Waals surface area contributed by atoms with Gasteiger partial charge in [-0.15, -0.1) is 0 Å². The average Bonchev–Trinajstić information content (AvgIpc) is 3.21. The smallest absolute Gasteiger partial charge is 0.307 e. The fraction of sp³-hybridized carbons (Fsp3) is 0.857. The Morgan fingerprint density at radius 2 is 1.52 bits per heavy atom. The van der Waals surface area contributed by atoms with Crippen LogP contribution in [-0.4, -0.2) is 64.3 Å². The van der Waals surface area contributed by atoms with Crippen molar-refractivity contribution >= 4 is 11.9 Å². The van der Waals surface area contributed by atoms with Gasteiger partial charge in [0.2, 0.25) is 0 Å². The molecule has 1 unspecified atom stereocenters. The molecule has 0 aliphatic heterocycles. The van der Waals surface area contributed by atoms with E-state index in [1.807, 2.05) is 0 Å². The first-order chi connectivity index (χ1) is 10.1. The molecule has 7 nitrogen and oxygen atoms in total. The quantitative estimate of drug-likeness (QED) is 0.429. The van der Waals surface area contributed by atoms with E-state index in [4.69, 9.17) is 9.47 Å². The third kappa shape index (κ3) is 5.99. The van der Waals surface area contributed by atoms with E-state index in [1.54, 1.807) is 0 Å². The summed E-state index contributed by atoms with van der Waals surface area (Å²) in [5, 5.41) is 9.25. The fourth-order valence-electron chi connectivity index (χ4n) is 2.15. The van der Waals surface area contributed by atoms with Gasteiger partial charge < -0.3 is 24.1 Å². The maximum Gasteiger partial charge on any atom is 0.307 e. The summed E-state index contributed by atoms with van der Waals surface area (Å²) >= 11 is 0. The predicted octanol–water partition coefficient (Wildman–Crippen LogP) is 0.144. The second kappa shape index (κ2) is 8.96. The highest BCUT2D eigenvalue weighted by Crippen LogP contribution is 2.52. The number of hydrogen-bond acceptors (Lipinski definition) is 7. The minimum atomic E-state index is -0.312. The molecule has 0 aromatic heterocycles. The SMILES string of the molecule is COC(=O)CCOCC1(COCCC(=O)OC)CC1CO. The van der Waals surface area contributed by atoms with Gasteiger partial charge in [-0.1, -0.05) is 0 Å². The molecule has 7 heteroatoms. The van der Waals surface area contributed by atoms with Crippen molar-refractivity contribution in [2.75, 3.05) is 47.3 Å². The molecule has 0 amide bonds. The maximum absolute atomic E-state index is 11.0. The van der Waals surface area contributed by atoms with Crippen LogP contribution in [-0.2, 0) is 28.5 Å². The molecule has 1 rings (SSSR count). The van der Waals surface area contributed by atoms with Crippen LogP contribution in [0.15, 0.2) is 0 Å². The number of hydrogen-bond donors (Lipinski definition) is 1. The van der Waals surface area contributed by atoms with E-state index >= 15 is 0 Å². The van der Waals surface area contributed by atoms with Gasteiger partial charge in [0.25, 0.3) is 0 Å². The highest BCUT2D eigenvalue weighted by atomic mass is 16.5. The van der Waals surface area contributed by atoms with Gasteiger partial charge in [0, 0.05) is 12.0 Å². The molecule has 122 valence electrons. The molecule has 21 heavy (non-hydrogen) atoms. The van der Waals surface area contributed by atoms with Crippen molar-refractivity contribution in [3.05, 3.63) is 0 Å². The van der Waals surface area contributed by atoms with Crippen LogP contribution in [0.25, 0.3) is 0 Å². The molecule has 1 fully saturated rings. The number of ether oxygens (including phenoxy) is 4. The van der Waals surface area contributed by atoms with Crippen LogP contribution >= 0.6 is 0 Å². The number of carbonyl (C=O) groups excluding carboxylic acids is 2. The van der Waals surface area contributed by atoms with E-state index < -0.39 is 0 Å². The summed E-state index contributed by atoms with van der Waals surface area (Å²) in [6.45, 7) is 1.51. The molecule has 1 atom stereocenters. The Morgan fingerprint density at radius 1 is 1.05 bits per heavy atom. The summed E-state index contributed by atoms with van der Waals surface area (Å²) in [5.41, 5.74) is -0.207. The van der Waals surface area contributed by atoms with Crippen LogP contribution < -0.4 is 0 Å². The van der Waals surface area contributed by atoms with Crippen LogP contribution in [0.4, 0.5) is 0 Å². The Morgan fingerprint density at radius 3 is 1.86 bits per heavy atom. The summed E-state index contributed by atoms with van der Waals surface area (Å²) in [6, 6.07) is 0.